The predicted octanol–water partition coefficient (Wildman–Crippen LogP) is 0.0767. The van der Waals surface area contributed by atoms with Crippen molar-refractivity contribution in [2.24, 2.45) is 0 Å². The Labute approximate surface area is 143 Å². The first-order chi connectivity index (χ1) is 12.0. The molecule has 10 heteroatoms. The van der Waals surface area contributed by atoms with Crippen LogP contribution in [0.1, 0.15) is 35.9 Å². The van der Waals surface area contributed by atoms with Crippen LogP contribution in [0.2, 0.25) is 0 Å². The van der Waals surface area contributed by atoms with Crippen molar-refractivity contribution in [3.63, 3.8) is 0 Å². The van der Waals surface area contributed by atoms with E-state index in [-0.39, 0.29) is 23.3 Å². The number of likely N-dealkylation sites (tertiary alicyclic amines) is 1. The standard InChI is InChI=1S/C15H20N6O4/c1-3-25-15(24)20-6-4-10(5-7-20)17-13(22)11-12-14(23)16-9(2)8-21(12)19-18-11/h8,10H,3-7H2,1-2H3,(H,16,23)(H,17,22). The Morgan fingerprint density at radius 1 is 1.40 bits per heavy atom. The van der Waals surface area contributed by atoms with E-state index in [1.807, 2.05) is 0 Å². The van der Waals surface area contributed by atoms with Gasteiger partial charge in [-0.1, -0.05) is 5.21 Å². The Balaban J connectivity index is 1.66. The lowest BCUT2D eigenvalue weighted by Gasteiger charge is -2.31. The van der Waals surface area contributed by atoms with E-state index in [2.05, 4.69) is 20.6 Å². The third-order valence-corrected chi connectivity index (χ3v) is 4.11. The summed E-state index contributed by atoms with van der Waals surface area (Å²) in [6, 6.07) is -0.0977. The SMILES string of the molecule is CCOC(=O)N1CCC(NC(=O)c2nnn3cc(C)[nH]c(=O)c23)CC1. The van der Waals surface area contributed by atoms with Crippen LogP contribution in [-0.4, -0.2) is 62.5 Å². The van der Waals surface area contributed by atoms with E-state index < -0.39 is 11.5 Å². The zero-order valence-electron chi connectivity index (χ0n) is 14.1. The van der Waals surface area contributed by atoms with E-state index in [0.29, 0.717) is 38.2 Å². The first-order valence-electron chi connectivity index (χ1n) is 8.17. The molecule has 2 N–H and O–H groups in total. The summed E-state index contributed by atoms with van der Waals surface area (Å²) < 4.78 is 6.27. The molecule has 25 heavy (non-hydrogen) atoms. The number of piperidine rings is 1. The van der Waals surface area contributed by atoms with Crippen LogP contribution in [0.3, 0.4) is 0 Å². The van der Waals surface area contributed by atoms with Crippen molar-refractivity contribution in [3.8, 4) is 0 Å². The van der Waals surface area contributed by atoms with Gasteiger partial charge in [0, 0.05) is 24.8 Å². The fourth-order valence-electron chi connectivity index (χ4n) is 2.88. The lowest BCUT2D eigenvalue weighted by Crippen LogP contribution is -2.46. The Bertz CT molecular complexity index is 849. The highest BCUT2D eigenvalue weighted by molar-refractivity contribution is 5.98. The maximum absolute atomic E-state index is 12.5. The number of aryl methyl sites for hydroxylation is 1. The molecule has 1 saturated heterocycles. The first kappa shape index (κ1) is 16.9. The van der Waals surface area contributed by atoms with Gasteiger partial charge in [0.15, 0.2) is 11.2 Å². The molecule has 2 aromatic heterocycles. The van der Waals surface area contributed by atoms with Gasteiger partial charge >= 0.3 is 6.09 Å². The number of nitrogens with zero attached hydrogens (tertiary/aromatic N) is 4. The third kappa shape index (κ3) is 3.47. The minimum Gasteiger partial charge on any atom is -0.450 e. The van der Waals surface area contributed by atoms with E-state index in [9.17, 15) is 14.4 Å². The van der Waals surface area contributed by atoms with Gasteiger partial charge in [-0.15, -0.1) is 5.10 Å². The molecule has 134 valence electrons. The van der Waals surface area contributed by atoms with Crippen LogP contribution in [0.15, 0.2) is 11.0 Å². The molecular formula is C15H20N6O4. The molecule has 0 spiro atoms. The van der Waals surface area contributed by atoms with Crippen LogP contribution >= 0.6 is 0 Å². The fraction of sp³-hybridized carbons (Fsp3) is 0.533. The van der Waals surface area contributed by atoms with E-state index in [0.717, 1.165) is 0 Å². The average molecular weight is 348 g/mol. The van der Waals surface area contributed by atoms with Crippen molar-refractivity contribution < 1.29 is 14.3 Å². The molecule has 0 aromatic carbocycles. The lowest BCUT2D eigenvalue weighted by molar-refractivity contribution is 0.0857. The van der Waals surface area contributed by atoms with Gasteiger partial charge in [0.25, 0.3) is 11.5 Å². The number of hydrogen-bond donors (Lipinski definition) is 2. The van der Waals surface area contributed by atoms with Gasteiger partial charge in [0.05, 0.1) is 12.8 Å². The second-order valence-corrected chi connectivity index (χ2v) is 5.93. The van der Waals surface area contributed by atoms with E-state index in [1.54, 1.807) is 24.9 Å². The maximum Gasteiger partial charge on any atom is 0.409 e. The molecule has 0 radical (unpaired) electrons. The summed E-state index contributed by atoms with van der Waals surface area (Å²) in [5.41, 5.74) is 0.328. The largest absolute Gasteiger partial charge is 0.450 e. The van der Waals surface area contributed by atoms with Crippen LogP contribution in [0.5, 0.6) is 0 Å². The quantitative estimate of drug-likeness (QED) is 0.810. The number of hydrogen-bond acceptors (Lipinski definition) is 6. The van der Waals surface area contributed by atoms with Crippen LogP contribution in [0.25, 0.3) is 5.52 Å². The fourth-order valence-corrected chi connectivity index (χ4v) is 2.88. The molecule has 0 atom stereocenters. The number of amides is 2. The van der Waals surface area contributed by atoms with Crippen molar-refractivity contribution >= 4 is 17.5 Å². The summed E-state index contributed by atoms with van der Waals surface area (Å²) in [4.78, 5) is 40.5. The van der Waals surface area contributed by atoms with Gasteiger partial charge in [0.2, 0.25) is 0 Å². The minimum absolute atomic E-state index is 0.00549. The molecule has 0 aliphatic carbocycles. The predicted molar refractivity (Wildman–Crippen MR) is 87.4 cm³/mol. The molecule has 0 saturated carbocycles. The summed E-state index contributed by atoms with van der Waals surface area (Å²) in [6.07, 6.45) is 2.48. The van der Waals surface area contributed by atoms with E-state index >= 15 is 0 Å². The zero-order chi connectivity index (χ0) is 18.0. The highest BCUT2D eigenvalue weighted by atomic mass is 16.6. The molecule has 0 bridgehead atoms. The summed E-state index contributed by atoms with van der Waals surface area (Å²) in [6.45, 7) is 4.83. The van der Waals surface area contributed by atoms with Crippen molar-refractivity contribution in [2.45, 2.75) is 32.7 Å². The highest BCUT2D eigenvalue weighted by Gasteiger charge is 2.26. The monoisotopic (exact) mass is 348 g/mol. The molecule has 1 aliphatic heterocycles. The molecule has 0 unspecified atom stereocenters. The molecule has 2 amide bonds. The highest BCUT2D eigenvalue weighted by Crippen LogP contribution is 2.13. The van der Waals surface area contributed by atoms with Gasteiger partial charge in [-0.2, -0.15) is 0 Å². The minimum atomic E-state index is -0.445. The van der Waals surface area contributed by atoms with Crippen LogP contribution < -0.4 is 10.9 Å². The number of rotatable bonds is 3. The smallest absolute Gasteiger partial charge is 0.409 e. The van der Waals surface area contributed by atoms with Gasteiger partial charge in [-0.25, -0.2) is 9.31 Å². The summed E-state index contributed by atoms with van der Waals surface area (Å²) in [7, 11) is 0. The number of fused-ring (bicyclic) bond motifs is 1. The Morgan fingerprint density at radius 3 is 2.80 bits per heavy atom. The Hall–Kier alpha value is -2.91. The van der Waals surface area contributed by atoms with Crippen molar-refractivity contribution in [3.05, 3.63) is 27.9 Å². The Kier molecular flexibility index (Phi) is 4.68. The van der Waals surface area contributed by atoms with E-state index in [1.165, 1.54) is 4.52 Å². The van der Waals surface area contributed by atoms with Crippen molar-refractivity contribution in [2.75, 3.05) is 19.7 Å². The molecular weight excluding hydrogens is 328 g/mol. The number of ether oxygens (including phenoxy) is 1. The second kappa shape index (κ2) is 6.91. The average Bonchev–Trinajstić information content (AvgIpc) is 3.00. The van der Waals surface area contributed by atoms with Crippen LogP contribution in [-0.2, 0) is 4.74 Å². The molecule has 1 aliphatic rings. The van der Waals surface area contributed by atoms with Gasteiger partial charge in [0.1, 0.15) is 0 Å². The summed E-state index contributed by atoms with van der Waals surface area (Å²) >= 11 is 0. The number of carbonyl (C=O) groups excluding carboxylic acids is 2. The maximum atomic E-state index is 12.5. The number of H-pyrrole nitrogens is 1. The van der Waals surface area contributed by atoms with Crippen LogP contribution in [0, 0.1) is 6.92 Å². The number of carbonyl (C=O) groups is 2. The third-order valence-electron chi connectivity index (χ3n) is 4.11. The number of nitrogens with one attached hydrogen (secondary N) is 2. The summed E-state index contributed by atoms with van der Waals surface area (Å²) in [5.74, 6) is -0.445. The van der Waals surface area contributed by atoms with Gasteiger partial charge in [-0.3, -0.25) is 9.59 Å². The van der Waals surface area contributed by atoms with Crippen molar-refractivity contribution in [1.29, 1.82) is 0 Å². The summed E-state index contributed by atoms with van der Waals surface area (Å²) in [5, 5.41) is 10.5. The number of aromatic amines is 1. The normalized spacial score (nSPS) is 15.4. The topological polar surface area (TPSA) is 122 Å². The van der Waals surface area contributed by atoms with Crippen molar-refractivity contribution in [1.82, 2.24) is 30.0 Å². The molecule has 10 nitrogen and oxygen atoms in total. The van der Waals surface area contributed by atoms with Gasteiger partial charge < -0.3 is 19.9 Å². The molecule has 3 rings (SSSR count). The van der Waals surface area contributed by atoms with Crippen LogP contribution in [0.4, 0.5) is 4.79 Å². The lowest BCUT2D eigenvalue weighted by atomic mass is 10.1. The number of aromatic nitrogens is 4. The molecule has 3 heterocycles. The van der Waals surface area contributed by atoms with Gasteiger partial charge in [-0.05, 0) is 26.7 Å². The molecule has 2 aromatic rings. The first-order valence-corrected chi connectivity index (χ1v) is 8.17. The van der Waals surface area contributed by atoms with E-state index in [4.69, 9.17) is 4.74 Å². The second-order valence-electron chi connectivity index (χ2n) is 5.93. The Morgan fingerprint density at radius 2 is 2.12 bits per heavy atom. The molecule has 1 fully saturated rings. The zero-order valence-corrected chi connectivity index (χ0v) is 14.1.